The molecule has 0 amide bonds. The standard InChI is InChI=1S/C15H22N4.2ClH/c1-4-10-19-11-9-15(17-19)16-12-13-5-7-14(8-6-13)18(2)3;;/h5-9,11H,4,10,12H2,1-3H3,(H,16,17);2*1H. The van der Waals surface area contributed by atoms with Crippen molar-refractivity contribution in [1.82, 2.24) is 9.78 Å². The summed E-state index contributed by atoms with van der Waals surface area (Å²) in [5, 5.41) is 7.80. The number of benzene rings is 1. The minimum atomic E-state index is 0. The van der Waals surface area contributed by atoms with E-state index in [1.165, 1.54) is 11.3 Å². The number of hydrogen-bond acceptors (Lipinski definition) is 3. The van der Waals surface area contributed by atoms with Crippen LogP contribution in [0, 0.1) is 0 Å². The van der Waals surface area contributed by atoms with Gasteiger partial charge >= 0.3 is 0 Å². The smallest absolute Gasteiger partial charge is 0.148 e. The molecule has 118 valence electrons. The monoisotopic (exact) mass is 330 g/mol. The van der Waals surface area contributed by atoms with Gasteiger partial charge in [0.1, 0.15) is 5.82 Å². The van der Waals surface area contributed by atoms with Gasteiger partial charge in [-0.2, -0.15) is 5.10 Å². The van der Waals surface area contributed by atoms with Crippen LogP contribution in [0.15, 0.2) is 36.5 Å². The van der Waals surface area contributed by atoms with Crippen molar-refractivity contribution in [3.8, 4) is 0 Å². The van der Waals surface area contributed by atoms with Crippen molar-refractivity contribution in [2.75, 3.05) is 24.3 Å². The van der Waals surface area contributed by atoms with Crippen LogP contribution in [0.2, 0.25) is 0 Å². The number of halogens is 2. The zero-order valence-electron chi connectivity index (χ0n) is 12.7. The average molecular weight is 331 g/mol. The van der Waals surface area contributed by atoms with Crippen molar-refractivity contribution in [2.45, 2.75) is 26.4 Å². The molecular formula is C15H24Cl2N4. The molecule has 1 aromatic heterocycles. The van der Waals surface area contributed by atoms with Crippen molar-refractivity contribution < 1.29 is 0 Å². The minimum absolute atomic E-state index is 0. The van der Waals surface area contributed by atoms with Crippen LogP contribution in [0.1, 0.15) is 18.9 Å². The molecule has 0 saturated carbocycles. The quantitative estimate of drug-likeness (QED) is 0.874. The van der Waals surface area contributed by atoms with Crippen molar-refractivity contribution in [1.29, 1.82) is 0 Å². The Kier molecular flexibility index (Phi) is 8.90. The Morgan fingerprint density at radius 1 is 1.10 bits per heavy atom. The van der Waals surface area contributed by atoms with E-state index in [9.17, 15) is 0 Å². The second-order valence-corrected chi connectivity index (χ2v) is 4.88. The normalized spacial score (nSPS) is 9.48. The van der Waals surface area contributed by atoms with Crippen LogP contribution >= 0.6 is 24.8 Å². The lowest BCUT2D eigenvalue weighted by Gasteiger charge is -2.12. The van der Waals surface area contributed by atoms with E-state index in [4.69, 9.17) is 0 Å². The lowest BCUT2D eigenvalue weighted by molar-refractivity contribution is 0.604. The van der Waals surface area contributed by atoms with E-state index in [0.717, 1.165) is 25.3 Å². The Balaban J connectivity index is 0.00000200. The number of rotatable bonds is 6. The van der Waals surface area contributed by atoms with Gasteiger partial charge in [0.25, 0.3) is 0 Å². The second kappa shape index (κ2) is 9.53. The Bertz CT molecular complexity index is 509. The van der Waals surface area contributed by atoms with Gasteiger partial charge in [-0.15, -0.1) is 24.8 Å². The summed E-state index contributed by atoms with van der Waals surface area (Å²) in [5.74, 6) is 0.935. The first-order valence-electron chi connectivity index (χ1n) is 6.72. The van der Waals surface area contributed by atoms with E-state index in [-0.39, 0.29) is 24.8 Å². The first-order valence-corrected chi connectivity index (χ1v) is 6.72. The molecule has 0 aliphatic heterocycles. The largest absolute Gasteiger partial charge is 0.378 e. The van der Waals surface area contributed by atoms with Crippen LogP contribution in [-0.4, -0.2) is 23.9 Å². The highest BCUT2D eigenvalue weighted by atomic mass is 35.5. The molecule has 0 atom stereocenters. The number of hydrogen-bond donors (Lipinski definition) is 1. The van der Waals surface area contributed by atoms with Crippen molar-refractivity contribution in [3.05, 3.63) is 42.1 Å². The third kappa shape index (κ3) is 5.86. The van der Waals surface area contributed by atoms with Gasteiger partial charge < -0.3 is 10.2 Å². The molecule has 0 radical (unpaired) electrons. The summed E-state index contributed by atoms with van der Waals surface area (Å²) in [6, 6.07) is 10.6. The fourth-order valence-electron chi connectivity index (χ4n) is 1.91. The molecule has 0 bridgehead atoms. The zero-order valence-corrected chi connectivity index (χ0v) is 14.4. The molecule has 6 heteroatoms. The summed E-state index contributed by atoms with van der Waals surface area (Å²) in [6.45, 7) is 3.93. The summed E-state index contributed by atoms with van der Waals surface area (Å²) < 4.78 is 1.97. The molecule has 0 fully saturated rings. The van der Waals surface area contributed by atoms with E-state index in [1.807, 2.05) is 31.0 Å². The lowest BCUT2D eigenvalue weighted by atomic mass is 10.2. The van der Waals surface area contributed by atoms with Crippen LogP contribution in [0.25, 0.3) is 0 Å². The van der Waals surface area contributed by atoms with Crippen LogP contribution < -0.4 is 10.2 Å². The van der Waals surface area contributed by atoms with Gasteiger partial charge in [-0.1, -0.05) is 19.1 Å². The summed E-state index contributed by atoms with van der Waals surface area (Å²) in [4.78, 5) is 2.10. The fourth-order valence-corrected chi connectivity index (χ4v) is 1.91. The Hall–Kier alpha value is -1.39. The van der Waals surface area contributed by atoms with Crippen molar-refractivity contribution in [3.63, 3.8) is 0 Å². The Labute approximate surface area is 139 Å². The van der Waals surface area contributed by atoms with Crippen molar-refractivity contribution in [2.24, 2.45) is 0 Å². The zero-order chi connectivity index (χ0) is 13.7. The molecule has 1 aromatic carbocycles. The summed E-state index contributed by atoms with van der Waals surface area (Å²) >= 11 is 0. The number of nitrogens with zero attached hydrogens (tertiary/aromatic N) is 3. The lowest BCUT2D eigenvalue weighted by Crippen LogP contribution is -2.08. The molecule has 21 heavy (non-hydrogen) atoms. The van der Waals surface area contributed by atoms with Crippen LogP contribution in [0.3, 0.4) is 0 Å². The van der Waals surface area contributed by atoms with Gasteiger partial charge in [-0.05, 0) is 24.1 Å². The topological polar surface area (TPSA) is 33.1 Å². The SMILES string of the molecule is CCCn1ccc(NCc2ccc(N(C)C)cc2)n1.Cl.Cl. The molecule has 4 nitrogen and oxygen atoms in total. The Morgan fingerprint density at radius 2 is 1.76 bits per heavy atom. The number of aryl methyl sites for hydroxylation is 1. The van der Waals surface area contributed by atoms with Gasteiger partial charge in [0.2, 0.25) is 0 Å². The molecule has 0 spiro atoms. The van der Waals surface area contributed by atoms with Crippen molar-refractivity contribution >= 4 is 36.3 Å². The molecule has 1 heterocycles. The van der Waals surface area contributed by atoms with E-state index < -0.39 is 0 Å². The van der Waals surface area contributed by atoms with E-state index in [1.54, 1.807) is 0 Å². The summed E-state index contributed by atoms with van der Waals surface area (Å²) in [6.07, 6.45) is 3.12. The van der Waals surface area contributed by atoms with Gasteiger partial charge in [-0.25, -0.2) is 0 Å². The Morgan fingerprint density at radius 3 is 2.33 bits per heavy atom. The highest BCUT2D eigenvalue weighted by Gasteiger charge is 1.99. The van der Waals surface area contributed by atoms with Gasteiger partial charge in [0.15, 0.2) is 0 Å². The van der Waals surface area contributed by atoms with E-state index in [0.29, 0.717) is 0 Å². The van der Waals surface area contributed by atoms with E-state index >= 15 is 0 Å². The number of nitrogens with one attached hydrogen (secondary N) is 1. The minimum Gasteiger partial charge on any atom is -0.378 e. The van der Waals surface area contributed by atoms with E-state index in [2.05, 4.69) is 46.5 Å². The fraction of sp³-hybridized carbons (Fsp3) is 0.400. The molecular weight excluding hydrogens is 307 g/mol. The molecule has 0 unspecified atom stereocenters. The third-order valence-corrected chi connectivity index (χ3v) is 3.02. The number of anilines is 2. The molecule has 0 saturated heterocycles. The first-order chi connectivity index (χ1) is 9.19. The molecule has 2 rings (SSSR count). The summed E-state index contributed by atoms with van der Waals surface area (Å²) in [7, 11) is 4.10. The summed E-state index contributed by atoms with van der Waals surface area (Å²) in [5.41, 5.74) is 2.48. The highest BCUT2D eigenvalue weighted by Crippen LogP contribution is 2.13. The maximum Gasteiger partial charge on any atom is 0.148 e. The predicted molar refractivity (Wildman–Crippen MR) is 95.1 cm³/mol. The van der Waals surface area contributed by atoms with Crippen LogP contribution in [0.5, 0.6) is 0 Å². The maximum absolute atomic E-state index is 4.46. The molecule has 2 aromatic rings. The van der Waals surface area contributed by atoms with Gasteiger partial charge in [-0.3, -0.25) is 4.68 Å². The second-order valence-electron chi connectivity index (χ2n) is 4.88. The average Bonchev–Trinajstić information content (AvgIpc) is 2.85. The third-order valence-electron chi connectivity index (χ3n) is 3.02. The molecule has 0 aliphatic carbocycles. The van der Waals surface area contributed by atoms with Gasteiger partial charge in [0, 0.05) is 45.1 Å². The first kappa shape index (κ1) is 19.6. The number of aromatic nitrogens is 2. The van der Waals surface area contributed by atoms with Crippen LogP contribution in [-0.2, 0) is 13.1 Å². The molecule has 1 N–H and O–H groups in total. The maximum atomic E-state index is 4.46. The van der Waals surface area contributed by atoms with Gasteiger partial charge in [0.05, 0.1) is 0 Å². The highest BCUT2D eigenvalue weighted by molar-refractivity contribution is 5.85. The molecule has 0 aliphatic rings. The predicted octanol–water partition coefficient (Wildman–Crippen LogP) is 3.81. The van der Waals surface area contributed by atoms with Crippen LogP contribution in [0.4, 0.5) is 11.5 Å².